The molecule has 0 saturated carbocycles. The second-order valence-electron chi connectivity index (χ2n) is 4.94. The summed E-state index contributed by atoms with van der Waals surface area (Å²) in [5, 5.41) is 13.7. The summed E-state index contributed by atoms with van der Waals surface area (Å²) in [6, 6.07) is 6.19. The van der Waals surface area contributed by atoms with Crippen LogP contribution in [0.15, 0.2) is 18.2 Å². The number of rotatable bonds is 1. The molecule has 1 saturated heterocycles. The van der Waals surface area contributed by atoms with Crippen LogP contribution in [0.25, 0.3) is 0 Å². The molecule has 1 aromatic rings. The van der Waals surface area contributed by atoms with Crippen LogP contribution in [0.1, 0.15) is 24.0 Å². The third-order valence-electron chi connectivity index (χ3n) is 3.40. The maximum atomic E-state index is 9.67. The number of likely N-dealkylation sites (tertiary alicyclic amines) is 1. The minimum Gasteiger partial charge on any atom is -0.391 e. The summed E-state index contributed by atoms with van der Waals surface area (Å²) in [6.45, 7) is 5.70. The Labute approximate surface area is 114 Å². The monoisotopic (exact) mass is 264 g/mol. The first kappa shape index (κ1) is 13.3. The number of nitrogens with zero attached hydrogens (tertiary/aromatic N) is 1. The minimum absolute atomic E-state index is 0.253. The van der Waals surface area contributed by atoms with Crippen LogP contribution in [0.3, 0.4) is 0 Å². The maximum Gasteiger partial charge on any atom is 0.173 e. The zero-order chi connectivity index (χ0) is 13.1. The third kappa shape index (κ3) is 3.00. The number of aryl methyl sites for hydroxylation is 2. The predicted molar refractivity (Wildman–Crippen MR) is 79.0 cm³/mol. The Morgan fingerprint density at radius 2 is 2.06 bits per heavy atom. The van der Waals surface area contributed by atoms with E-state index < -0.39 is 0 Å². The minimum atomic E-state index is -0.253. The molecule has 0 amide bonds. The summed E-state index contributed by atoms with van der Waals surface area (Å²) in [4.78, 5) is 2.05. The Morgan fingerprint density at radius 1 is 1.39 bits per heavy atom. The first-order chi connectivity index (χ1) is 8.58. The van der Waals surface area contributed by atoms with Gasteiger partial charge in [-0.25, -0.2) is 0 Å². The van der Waals surface area contributed by atoms with E-state index in [1.807, 2.05) is 6.07 Å². The highest BCUT2D eigenvalue weighted by Crippen LogP contribution is 2.20. The molecule has 1 aromatic carbocycles. The fourth-order valence-corrected chi connectivity index (χ4v) is 2.60. The van der Waals surface area contributed by atoms with Crippen LogP contribution in [0.5, 0.6) is 0 Å². The third-order valence-corrected chi connectivity index (χ3v) is 3.76. The van der Waals surface area contributed by atoms with Crippen molar-refractivity contribution in [2.75, 3.05) is 18.4 Å². The quantitative estimate of drug-likeness (QED) is 0.764. The largest absolute Gasteiger partial charge is 0.391 e. The van der Waals surface area contributed by atoms with Crippen molar-refractivity contribution < 1.29 is 5.11 Å². The van der Waals surface area contributed by atoms with Crippen molar-refractivity contribution >= 4 is 23.0 Å². The Hall–Kier alpha value is -1.13. The van der Waals surface area contributed by atoms with Gasteiger partial charge in [0.2, 0.25) is 0 Å². The van der Waals surface area contributed by atoms with Crippen molar-refractivity contribution in [3.63, 3.8) is 0 Å². The normalized spacial score (nSPS) is 19.7. The molecule has 3 nitrogen and oxygen atoms in total. The van der Waals surface area contributed by atoms with Crippen LogP contribution in [0, 0.1) is 13.8 Å². The van der Waals surface area contributed by atoms with E-state index in [4.69, 9.17) is 12.2 Å². The molecule has 4 heteroatoms. The first-order valence-electron chi connectivity index (χ1n) is 6.38. The van der Waals surface area contributed by atoms with E-state index in [0.717, 1.165) is 25.1 Å². The van der Waals surface area contributed by atoms with E-state index in [-0.39, 0.29) is 6.10 Å². The van der Waals surface area contributed by atoms with E-state index >= 15 is 0 Å². The van der Waals surface area contributed by atoms with Crippen molar-refractivity contribution in [1.29, 1.82) is 0 Å². The van der Waals surface area contributed by atoms with Crippen LogP contribution < -0.4 is 5.32 Å². The van der Waals surface area contributed by atoms with E-state index in [2.05, 4.69) is 36.2 Å². The molecular formula is C14H20N2OS. The lowest BCUT2D eigenvalue weighted by molar-refractivity contribution is 0.104. The predicted octanol–water partition coefficient (Wildman–Crippen LogP) is 2.46. The Kier molecular flexibility index (Phi) is 4.19. The maximum absolute atomic E-state index is 9.67. The molecule has 0 spiro atoms. The van der Waals surface area contributed by atoms with E-state index in [9.17, 15) is 5.11 Å². The van der Waals surface area contributed by atoms with E-state index in [0.29, 0.717) is 11.7 Å². The van der Waals surface area contributed by atoms with E-state index in [1.165, 1.54) is 11.1 Å². The van der Waals surface area contributed by atoms with Gasteiger partial charge in [-0.2, -0.15) is 0 Å². The van der Waals surface area contributed by atoms with E-state index in [1.54, 1.807) is 0 Å². The zero-order valence-electron chi connectivity index (χ0n) is 10.9. The molecule has 1 atom stereocenters. The number of β-amino-alcohol motifs (C(OH)–C–C–N with tert-alkyl or cyclic N) is 1. The summed E-state index contributed by atoms with van der Waals surface area (Å²) < 4.78 is 0. The van der Waals surface area contributed by atoms with Crippen LogP contribution in [-0.4, -0.2) is 34.3 Å². The van der Waals surface area contributed by atoms with Crippen LogP contribution in [0.4, 0.5) is 5.69 Å². The fraction of sp³-hybridized carbons (Fsp3) is 0.500. The van der Waals surface area contributed by atoms with Crippen molar-refractivity contribution in [1.82, 2.24) is 4.90 Å². The number of aliphatic hydroxyl groups excluding tert-OH is 1. The molecule has 1 aliphatic heterocycles. The lowest BCUT2D eigenvalue weighted by Gasteiger charge is -2.32. The topological polar surface area (TPSA) is 35.5 Å². The van der Waals surface area contributed by atoms with Gasteiger partial charge in [-0.3, -0.25) is 0 Å². The van der Waals surface area contributed by atoms with Gasteiger partial charge < -0.3 is 15.3 Å². The van der Waals surface area contributed by atoms with Crippen molar-refractivity contribution in [3.8, 4) is 0 Å². The number of piperidine rings is 1. The molecule has 2 N–H and O–H groups in total. The number of hydrogen-bond donors (Lipinski definition) is 2. The molecule has 0 aromatic heterocycles. The molecule has 0 aliphatic carbocycles. The number of thiocarbonyl (C=S) groups is 1. The number of anilines is 1. The molecule has 18 heavy (non-hydrogen) atoms. The van der Waals surface area contributed by atoms with Gasteiger partial charge in [0.15, 0.2) is 5.11 Å². The lowest BCUT2D eigenvalue weighted by Crippen LogP contribution is -2.44. The number of aliphatic hydroxyl groups is 1. The lowest BCUT2D eigenvalue weighted by atomic mass is 10.1. The van der Waals surface area contributed by atoms with Gasteiger partial charge in [0.1, 0.15) is 0 Å². The number of nitrogens with one attached hydrogen (secondary N) is 1. The van der Waals surface area contributed by atoms with Gasteiger partial charge in [0.05, 0.1) is 6.10 Å². The highest BCUT2D eigenvalue weighted by molar-refractivity contribution is 7.80. The molecule has 98 valence electrons. The summed E-state index contributed by atoms with van der Waals surface area (Å²) in [7, 11) is 0. The van der Waals surface area contributed by atoms with Crippen LogP contribution in [-0.2, 0) is 0 Å². The number of hydrogen-bond acceptors (Lipinski definition) is 2. The van der Waals surface area contributed by atoms with Gasteiger partial charge in [0, 0.05) is 18.8 Å². The average molecular weight is 264 g/mol. The van der Waals surface area contributed by atoms with Crippen molar-refractivity contribution in [2.45, 2.75) is 32.8 Å². The summed E-state index contributed by atoms with van der Waals surface area (Å²) in [6.07, 6.45) is 1.62. The van der Waals surface area contributed by atoms with Gasteiger partial charge in [0.25, 0.3) is 0 Å². The molecule has 1 aliphatic rings. The molecule has 1 fully saturated rings. The van der Waals surface area contributed by atoms with Crippen molar-refractivity contribution in [3.05, 3.63) is 29.3 Å². The Balaban J connectivity index is 2.07. The van der Waals surface area contributed by atoms with Crippen LogP contribution in [0.2, 0.25) is 0 Å². The summed E-state index contributed by atoms with van der Waals surface area (Å²) >= 11 is 5.43. The first-order valence-corrected chi connectivity index (χ1v) is 6.79. The molecular weight excluding hydrogens is 244 g/mol. The van der Waals surface area contributed by atoms with Gasteiger partial charge in [-0.05, 0) is 50.0 Å². The zero-order valence-corrected chi connectivity index (χ0v) is 11.8. The Bertz CT molecular complexity index is 427. The second kappa shape index (κ2) is 5.67. The highest BCUT2D eigenvalue weighted by atomic mass is 32.1. The smallest absolute Gasteiger partial charge is 0.173 e. The second-order valence-corrected chi connectivity index (χ2v) is 5.33. The standard InChI is InChI=1S/C14H20N2OS/c1-10-5-3-6-11(2)13(10)15-14(18)16-8-4-7-12(17)9-16/h3,5-6,12,17H,4,7-9H2,1-2H3,(H,15,18). The molecule has 1 heterocycles. The number of para-hydroxylation sites is 1. The number of benzene rings is 1. The molecule has 1 unspecified atom stereocenters. The summed E-state index contributed by atoms with van der Waals surface area (Å²) in [5.74, 6) is 0. The van der Waals surface area contributed by atoms with Gasteiger partial charge >= 0.3 is 0 Å². The SMILES string of the molecule is Cc1cccc(C)c1NC(=S)N1CCCC(O)C1. The summed E-state index contributed by atoms with van der Waals surface area (Å²) in [5.41, 5.74) is 3.47. The molecule has 2 rings (SSSR count). The van der Waals surface area contributed by atoms with Crippen LogP contribution >= 0.6 is 12.2 Å². The average Bonchev–Trinajstić information content (AvgIpc) is 2.34. The van der Waals surface area contributed by atoms with Gasteiger partial charge in [-0.1, -0.05) is 18.2 Å². The highest BCUT2D eigenvalue weighted by Gasteiger charge is 2.20. The van der Waals surface area contributed by atoms with Gasteiger partial charge in [-0.15, -0.1) is 0 Å². The Morgan fingerprint density at radius 3 is 2.67 bits per heavy atom. The fourth-order valence-electron chi connectivity index (χ4n) is 2.34. The molecule has 0 radical (unpaired) electrons. The molecule has 0 bridgehead atoms. The van der Waals surface area contributed by atoms with Crippen molar-refractivity contribution in [2.24, 2.45) is 0 Å².